The van der Waals surface area contributed by atoms with Crippen LogP contribution in [0, 0.1) is 6.92 Å². The van der Waals surface area contributed by atoms with Crippen molar-refractivity contribution in [1.29, 1.82) is 0 Å². The van der Waals surface area contributed by atoms with E-state index in [2.05, 4.69) is 5.32 Å². The Morgan fingerprint density at radius 1 is 1.13 bits per heavy atom. The summed E-state index contributed by atoms with van der Waals surface area (Å²) in [4.78, 5) is 11.2. The molecular formula is C23H28FNO6. The molecule has 3 rings (SSSR count). The van der Waals surface area contributed by atoms with E-state index in [1.54, 1.807) is 12.1 Å². The summed E-state index contributed by atoms with van der Waals surface area (Å²) in [5.74, 6) is 0.244. The third-order valence-corrected chi connectivity index (χ3v) is 5.25. The molecule has 1 amide bonds. The Morgan fingerprint density at radius 2 is 1.90 bits per heavy atom. The average Bonchev–Trinajstić information content (AvgIpc) is 2.74. The molecule has 0 saturated carbocycles. The van der Waals surface area contributed by atoms with E-state index in [0.29, 0.717) is 18.7 Å². The summed E-state index contributed by atoms with van der Waals surface area (Å²) in [6.45, 7) is 2.89. The highest BCUT2D eigenvalue weighted by molar-refractivity contribution is 5.73. The monoisotopic (exact) mass is 433 g/mol. The number of hydrogen-bond donors (Lipinski definition) is 4. The molecule has 0 spiro atoms. The van der Waals surface area contributed by atoms with Gasteiger partial charge in [0, 0.05) is 13.5 Å². The Bertz CT molecular complexity index is 905. The normalized spacial score (nSPS) is 25.8. The fourth-order valence-corrected chi connectivity index (χ4v) is 3.58. The van der Waals surface area contributed by atoms with Gasteiger partial charge in [0.2, 0.25) is 12.2 Å². The number of rotatable bonds is 7. The first-order valence-corrected chi connectivity index (χ1v) is 10.2. The number of aryl methyl sites for hydroxylation is 1. The number of aliphatic hydroxyl groups excluding tert-OH is 3. The molecule has 8 heteroatoms. The Kier molecular flexibility index (Phi) is 7.61. The van der Waals surface area contributed by atoms with Gasteiger partial charge in [0.1, 0.15) is 36.8 Å². The summed E-state index contributed by atoms with van der Waals surface area (Å²) in [6.07, 6.45) is -6.71. The molecule has 0 bridgehead atoms. The molecule has 168 valence electrons. The second-order valence-electron chi connectivity index (χ2n) is 7.71. The largest absolute Gasteiger partial charge is 0.462 e. The van der Waals surface area contributed by atoms with Crippen LogP contribution in [0.25, 0.3) is 11.1 Å². The first kappa shape index (κ1) is 23.1. The van der Waals surface area contributed by atoms with Gasteiger partial charge in [-0.3, -0.25) is 4.79 Å². The van der Waals surface area contributed by atoms with Gasteiger partial charge in [0.05, 0.1) is 0 Å². The van der Waals surface area contributed by atoms with Crippen molar-refractivity contribution in [3.8, 4) is 16.9 Å². The maximum absolute atomic E-state index is 13.1. The van der Waals surface area contributed by atoms with E-state index in [9.17, 15) is 24.5 Å². The van der Waals surface area contributed by atoms with Crippen LogP contribution < -0.4 is 10.1 Å². The minimum absolute atomic E-state index is 0.108. The first-order valence-electron chi connectivity index (χ1n) is 10.2. The number of nitrogens with one attached hydrogen (secondary N) is 1. The fraction of sp³-hybridized carbons (Fsp3) is 0.435. The van der Waals surface area contributed by atoms with Crippen LogP contribution in [0.5, 0.6) is 5.75 Å². The number of benzene rings is 2. The van der Waals surface area contributed by atoms with Crippen molar-refractivity contribution in [2.45, 2.75) is 51.0 Å². The van der Waals surface area contributed by atoms with Gasteiger partial charge in [0.15, 0.2) is 0 Å². The van der Waals surface area contributed by atoms with Gasteiger partial charge in [-0.25, -0.2) is 4.39 Å². The summed E-state index contributed by atoms with van der Waals surface area (Å²) in [6, 6.07) is 13.2. The Hall–Kier alpha value is -2.52. The molecule has 2 aromatic rings. The minimum Gasteiger partial charge on any atom is -0.462 e. The van der Waals surface area contributed by atoms with E-state index < -0.39 is 37.4 Å². The van der Waals surface area contributed by atoms with Crippen LogP contribution in [0.4, 0.5) is 4.39 Å². The average molecular weight is 433 g/mol. The molecule has 1 fully saturated rings. The molecule has 2 aromatic carbocycles. The van der Waals surface area contributed by atoms with E-state index in [1.165, 1.54) is 6.92 Å². The van der Waals surface area contributed by atoms with Gasteiger partial charge in [0.25, 0.3) is 0 Å². The first-order chi connectivity index (χ1) is 14.8. The molecular weight excluding hydrogens is 405 g/mol. The molecule has 0 aromatic heterocycles. The highest BCUT2D eigenvalue weighted by Crippen LogP contribution is 2.31. The van der Waals surface area contributed by atoms with E-state index in [4.69, 9.17) is 9.47 Å². The summed E-state index contributed by atoms with van der Waals surface area (Å²) in [7, 11) is 0. The third-order valence-electron chi connectivity index (χ3n) is 5.25. The standard InChI is InChI=1S/C23H28FNO6/c1-13-4-3-5-16(10-13)18-11-17(7-6-15(18)8-9-25-14(2)26)30-23-22(29)21(28)20(27)19(12-24)31-23/h3-7,10-11,19-23,27-29H,8-9,12H2,1-2H3,(H,25,26)/t19-,20-,21+,22+,23+/m0/s1. The van der Waals surface area contributed by atoms with Gasteiger partial charge in [-0.2, -0.15) is 0 Å². The van der Waals surface area contributed by atoms with E-state index in [1.807, 2.05) is 37.3 Å². The predicted molar refractivity (Wildman–Crippen MR) is 112 cm³/mol. The molecule has 1 saturated heterocycles. The van der Waals surface area contributed by atoms with Crippen LogP contribution in [0.3, 0.4) is 0 Å². The number of carbonyl (C=O) groups is 1. The van der Waals surface area contributed by atoms with E-state index >= 15 is 0 Å². The number of alkyl halides is 1. The second-order valence-corrected chi connectivity index (χ2v) is 7.71. The van der Waals surface area contributed by atoms with Crippen LogP contribution in [-0.4, -0.2) is 65.2 Å². The smallest absolute Gasteiger partial charge is 0.229 e. The number of halogens is 1. The molecule has 31 heavy (non-hydrogen) atoms. The number of hydrogen-bond acceptors (Lipinski definition) is 6. The Balaban J connectivity index is 1.87. The van der Waals surface area contributed by atoms with Gasteiger partial charge in [-0.15, -0.1) is 0 Å². The lowest BCUT2D eigenvalue weighted by Gasteiger charge is -2.39. The van der Waals surface area contributed by atoms with Crippen molar-refractivity contribution in [3.05, 3.63) is 53.6 Å². The number of carbonyl (C=O) groups excluding carboxylic acids is 1. The zero-order valence-corrected chi connectivity index (χ0v) is 17.5. The maximum Gasteiger partial charge on any atom is 0.229 e. The predicted octanol–water partition coefficient (Wildman–Crippen LogP) is 1.50. The van der Waals surface area contributed by atoms with E-state index in [0.717, 1.165) is 22.3 Å². The van der Waals surface area contributed by atoms with Crippen molar-refractivity contribution in [2.24, 2.45) is 0 Å². The lowest BCUT2D eigenvalue weighted by Crippen LogP contribution is -2.59. The van der Waals surface area contributed by atoms with Gasteiger partial charge >= 0.3 is 0 Å². The summed E-state index contributed by atoms with van der Waals surface area (Å²) in [5, 5.41) is 32.8. The minimum atomic E-state index is -1.59. The zero-order chi connectivity index (χ0) is 22.5. The Morgan fingerprint density at radius 3 is 2.58 bits per heavy atom. The van der Waals surface area contributed by atoms with Gasteiger partial charge in [-0.05, 0) is 42.2 Å². The van der Waals surface area contributed by atoms with Crippen LogP contribution >= 0.6 is 0 Å². The molecule has 5 atom stereocenters. The number of amides is 1. The van der Waals surface area contributed by atoms with Crippen LogP contribution in [0.2, 0.25) is 0 Å². The second kappa shape index (κ2) is 10.2. The summed E-state index contributed by atoms with van der Waals surface area (Å²) >= 11 is 0. The van der Waals surface area contributed by atoms with Crippen molar-refractivity contribution < 1.29 is 34.0 Å². The Labute approximate surface area is 180 Å². The molecule has 1 heterocycles. The summed E-state index contributed by atoms with van der Waals surface area (Å²) in [5.41, 5.74) is 3.88. The molecule has 0 radical (unpaired) electrons. The highest BCUT2D eigenvalue weighted by atomic mass is 19.1. The van der Waals surface area contributed by atoms with Gasteiger partial charge in [-0.1, -0.05) is 35.9 Å². The van der Waals surface area contributed by atoms with Crippen molar-refractivity contribution in [3.63, 3.8) is 0 Å². The number of ether oxygens (including phenoxy) is 2. The quantitative estimate of drug-likeness (QED) is 0.527. The van der Waals surface area contributed by atoms with Crippen LogP contribution in [0.15, 0.2) is 42.5 Å². The fourth-order valence-electron chi connectivity index (χ4n) is 3.58. The molecule has 1 aliphatic heterocycles. The van der Waals surface area contributed by atoms with Crippen molar-refractivity contribution in [2.75, 3.05) is 13.2 Å². The number of aliphatic hydroxyl groups is 3. The topological polar surface area (TPSA) is 108 Å². The zero-order valence-electron chi connectivity index (χ0n) is 17.5. The highest BCUT2D eigenvalue weighted by Gasteiger charge is 2.45. The lowest BCUT2D eigenvalue weighted by molar-refractivity contribution is -0.274. The van der Waals surface area contributed by atoms with Crippen molar-refractivity contribution in [1.82, 2.24) is 5.32 Å². The van der Waals surface area contributed by atoms with E-state index in [-0.39, 0.29) is 5.91 Å². The molecule has 1 aliphatic rings. The SMILES string of the molecule is CC(=O)NCCc1ccc(O[C@@H]2O[C@@H](CF)[C@H](O)[C@@H](O)[C@H]2O)cc1-c1cccc(C)c1. The molecule has 7 nitrogen and oxygen atoms in total. The maximum atomic E-state index is 13.1. The van der Waals surface area contributed by atoms with Crippen LogP contribution in [-0.2, 0) is 16.0 Å². The summed E-state index contributed by atoms with van der Waals surface area (Å²) < 4.78 is 24.2. The van der Waals surface area contributed by atoms with Crippen molar-refractivity contribution >= 4 is 5.91 Å². The molecule has 4 N–H and O–H groups in total. The lowest BCUT2D eigenvalue weighted by atomic mass is 9.96. The molecule has 0 unspecified atom stereocenters. The van der Waals surface area contributed by atoms with Gasteiger partial charge < -0.3 is 30.1 Å². The van der Waals surface area contributed by atoms with Crippen LogP contribution in [0.1, 0.15) is 18.1 Å². The molecule has 0 aliphatic carbocycles. The third kappa shape index (κ3) is 5.59.